The van der Waals surface area contributed by atoms with Crippen LogP contribution in [0.3, 0.4) is 0 Å². The fraction of sp³-hybridized carbons (Fsp3) is 0.250. The molecule has 6 heteroatoms. The van der Waals surface area contributed by atoms with Gasteiger partial charge >= 0.3 is 11.9 Å². The van der Waals surface area contributed by atoms with E-state index < -0.39 is 30.3 Å². The molecule has 2 aromatic carbocycles. The topological polar surface area (TPSA) is 104 Å². The molecule has 1 atom stereocenters. The van der Waals surface area contributed by atoms with Crippen molar-refractivity contribution in [3.05, 3.63) is 60.2 Å². The highest BCUT2D eigenvalue weighted by Gasteiger charge is 2.20. The Kier molecular flexibility index (Phi) is 6.91. The molecule has 0 spiro atoms. The normalized spacial score (nSPS) is 11.5. The number of hydrogen-bond donors (Lipinski definition) is 3. The molecule has 136 valence electrons. The maximum atomic E-state index is 12.2. The van der Waals surface area contributed by atoms with Gasteiger partial charge in [-0.1, -0.05) is 54.6 Å². The van der Waals surface area contributed by atoms with Gasteiger partial charge in [0, 0.05) is 12.3 Å². The lowest BCUT2D eigenvalue weighted by Crippen LogP contribution is -2.35. The van der Waals surface area contributed by atoms with Crippen molar-refractivity contribution in [2.45, 2.75) is 19.3 Å². The van der Waals surface area contributed by atoms with E-state index in [-0.39, 0.29) is 12.8 Å². The summed E-state index contributed by atoms with van der Waals surface area (Å²) in [4.78, 5) is 33.6. The number of carboxylic acids is 2. The maximum absolute atomic E-state index is 12.2. The Morgan fingerprint density at radius 1 is 0.846 bits per heavy atom. The zero-order valence-electron chi connectivity index (χ0n) is 14.2. The Balaban J connectivity index is 2.07. The van der Waals surface area contributed by atoms with Gasteiger partial charge in [0.05, 0.1) is 0 Å². The van der Waals surface area contributed by atoms with Gasteiger partial charge < -0.3 is 15.5 Å². The van der Waals surface area contributed by atoms with Gasteiger partial charge in [-0.25, -0.2) is 0 Å². The molecule has 0 heterocycles. The highest BCUT2D eigenvalue weighted by Crippen LogP contribution is 2.21. The third kappa shape index (κ3) is 6.05. The molecular formula is C20H21NO5. The molecule has 26 heavy (non-hydrogen) atoms. The summed E-state index contributed by atoms with van der Waals surface area (Å²) in [5.41, 5.74) is 3.03. The van der Waals surface area contributed by atoms with Crippen LogP contribution in [0.2, 0.25) is 0 Å². The monoisotopic (exact) mass is 355 g/mol. The quantitative estimate of drug-likeness (QED) is 0.641. The first kappa shape index (κ1) is 19.2. The third-order valence-corrected chi connectivity index (χ3v) is 4.03. The largest absolute Gasteiger partial charge is 0.481 e. The van der Waals surface area contributed by atoms with Crippen LogP contribution < -0.4 is 5.32 Å². The summed E-state index contributed by atoms with van der Waals surface area (Å²) in [6.45, 7) is -0.477. The number of aliphatic carboxylic acids is 2. The Hall–Kier alpha value is -3.15. The molecule has 0 saturated heterocycles. The predicted octanol–water partition coefficient (Wildman–Crippen LogP) is 2.58. The van der Waals surface area contributed by atoms with Crippen LogP contribution in [-0.2, 0) is 20.8 Å². The molecule has 0 bridgehead atoms. The smallest absolute Gasteiger partial charge is 0.322 e. The molecule has 0 aliphatic heterocycles. The van der Waals surface area contributed by atoms with Crippen LogP contribution in [-0.4, -0.2) is 34.6 Å². The number of amides is 1. The number of carbonyl (C=O) groups is 3. The van der Waals surface area contributed by atoms with E-state index in [0.29, 0.717) is 6.42 Å². The Bertz CT molecular complexity index is 756. The molecule has 2 aromatic rings. The SMILES string of the molecule is O=C(O)CCC(Cc1ccc(-c2ccccc2)cc1)C(=O)NCC(=O)O. The van der Waals surface area contributed by atoms with E-state index >= 15 is 0 Å². The van der Waals surface area contributed by atoms with Crippen LogP contribution in [0.4, 0.5) is 0 Å². The van der Waals surface area contributed by atoms with Gasteiger partial charge in [-0.05, 0) is 29.5 Å². The predicted molar refractivity (Wildman–Crippen MR) is 96.6 cm³/mol. The van der Waals surface area contributed by atoms with Gasteiger partial charge in [-0.3, -0.25) is 14.4 Å². The minimum absolute atomic E-state index is 0.146. The number of benzene rings is 2. The first-order valence-corrected chi connectivity index (χ1v) is 8.31. The first-order valence-electron chi connectivity index (χ1n) is 8.31. The summed E-state index contributed by atoms with van der Waals surface area (Å²) >= 11 is 0. The Morgan fingerprint density at radius 2 is 1.46 bits per heavy atom. The second-order valence-electron chi connectivity index (χ2n) is 6.01. The van der Waals surface area contributed by atoms with E-state index in [9.17, 15) is 14.4 Å². The zero-order chi connectivity index (χ0) is 18.9. The molecule has 3 N–H and O–H groups in total. The van der Waals surface area contributed by atoms with Crippen molar-refractivity contribution in [2.24, 2.45) is 5.92 Å². The van der Waals surface area contributed by atoms with E-state index in [1.54, 1.807) is 0 Å². The van der Waals surface area contributed by atoms with Crippen LogP contribution in [0, 0.1) is 5.92 Å². The number of carbonyl (C=O) groups excluding carboxylic acids is 1. The fourth-order valence-electron chi connectivity index (χ4n) is 2.68. The molecule has 0 saturated carbocycles. The molecule has 1 unspecified atom stereocenters. The second-order valence-corrected chi connectivity index (χ2v) is 6.01. The Labute approximate surface area is 151 Å². The summed E-state index contributed by atoms with van der Waals surface area (Å²) in [6.07, 6.45) is 0.363. The van der Waals surface area contributed by atoms with Crippen molar-refractivity contribution in [3.8, 4) is 11.1 Å². The van der Waals surface area contributed by atoms with Gasteiger partial charge in [0.15, 0.2) is 0 Å². The molecule has 2 rings (SSSR count). The molecule has 0 aliphatic rings. The second kappa shape index (κ2) is 9.36. The van der Waals surface area contributed by atoms with E-state index in [0.717, 1.165) is 16.7 Å². The van der Waals surface area contributed by atoms with Crippen LogP contribution >= 0.6 is 0 Å². The van der Waals surface area contributed by atoms with Crippen molar-refractivity contribution >= 4 is 17.8 Å². The molecule has 6 nitrogen and oxygen atoms in total. The Morgan fingerprint density at radius 3 is 2.04 bits per heavy atom. The highest BCUT2D eigenvalue weighted by molar-refractivity contribution is 5.83. The van der Waals surface area contributed by atoms with Crippen molar-refractivity contribution in [3.63, 3.8) is 0 Å². The average molecular weight is 355 g/mol. The lowest BCUT2D eigenvalue weighted by atomic mass is 9.92. The van der Waals surface area contributed by atoms with Crippen molar-refractivity contribution in [1.29, 1.82) is 0 Å². The molecule has 0 aliphatic carbocycles. The minimum atomic E-state index is -1.14. The zero-order valence-corrected chi connectivity index (χ0v) is 14.2. The number of carboxylic acid groups (broad SMARTS) is 2. The van der Waals surface area contributed by atoms with Gasteiger partial charge in [-0.2, -0.15) is 0 Å². The van der Waals surface area contributed by atoms with E-state index in [4.69, 9.17) is 10.2 Å². The van der Waals surface area contributed by atoms with Crippen molar-refractivity contribution in [2.75, 3.05) is 6.54 Å². The molecule has 0 radical (unpaired) electrons. The van der Waals surface area contributed by atoms with E-state index in [1.165, 1.54) is 0 Å². The lowest BCUT2D eigenvalue weighted by molar-refractivity contribution is -0.140. The third-order valence-electron chi connectivity index (χ3n) is 4.03. The summed E-state index contributed by atoms with van der Waals surface area (Å²) < 4.78 is 0. The maximum Gasteiger partial charge on any atom is 0.322 e. The lowest BCUT2D eigenvalue weighted by Gasteiger charge is -2.16. The number of rotatable bonds is 9. The van der Waals surface area contributed by atoms with E-state index in [1.807, 2.05) is 54.6 Å². The number of hydrogen-bond acceptors (Lipinski definition) is 3. The van der Waals surface area contributed by atoms with Gasteiger partial charge in [0.25, 0.3) is 0 Å². The summed E-state index contributed by atoms with van der Waals surface area (Å²) in [7, 11) is 0. The summed E-state index contributed by atoms with van der Waals surface area (Å²) in [6, 6.07) is 17.6. The molecule has 0 aromatic heterocycles. The first-order chi connectivity index (χ1) is 12.5. The van der Waals surface area contributed by atoms with Crippen LogP contribution in [0.5, 0.6) is 0 Å². The minimum Gasteiger partial charge on any atom is -0.481 e. The summed E-state index contributed by atoms with van der Waals surface area (Å²) in [5, 5.41) is 19.9. The van der Waals surface area contributed by atoms with E-state index in [2.05, 4.69) is 5.32 Å². The molecular weight excluding hydrogens is 334 g/mol. The fourth-order valence-corrected chi connectivity index (χ4v) is 2.68. The molecule has 1 amide bonds. The van der Waals surface area contributed by atoms with Gasteiger partial charge in [0.2, 0.25) is 5.91 Å². The van der Waals surface area contributed by atoms with Gasteiger partial charge in [0.1, 0.15) is 6.54 Å². The average Bonchev–Trinajstić information content (AvgIpc) is 2.64. The molecule has 0 fully saturated rings. The van der Waals surface area contributed by atoms with Crippen LogP contribution in [0.25, 0.3) is 11.1 Å². The number of nitrogens with one attached hydrogen (secondary N) is 1. The van der Waals surface area contributed by atoms with Crippen LogP contribution in [0.1, 0.15) is 18.4 Å². The standard InChI is InChI=1S/C20H21NO5/c22-18(23)11-10-17(20(26)21-13-19(24)25)12-14-6-8-16(9-7-14)15-4-2-1-3-5-15/h1-9,17H,10-13H2,(H,21,26)(H,22,23)(H,24,25). The van der Waals surface area contributed by atoms with Crippen molar-refractivity contribution in [1.82, 2.24) is 5.32 Å². The van der Waals surface area contributed by atoms with Crippen LogP contribution in [0.15, 0.2) is 54.6 Å². The van der Waals surface area contributed by atoms with Crippen molar-refractivity contribution < 1.29 is 24.6 Å². The summed E-state index contributed by atoms with van der Waals surface area (Å²) in [5.74, 6) is -3.16. The van der Waals surface area contributed by atoms with Gasteiger partial charge in [-0.15, -0.1) is 0 Å². The highest BCUT2D eigenvalue weighted by atomic mass is 16.4.